The normalized spacial score (nSPS) is 12.0. The van der Waals surface area contributed by atoms with Crippen LogP contribution < -0.4 is 0 Å². The minimum Gasteiger partial charge on any atom is -0.252 e. The number of halogens is 4. The second-order valence-corrected chi connectivity index (χ2v) is 3.51. The Morgan fingerprint density at radius 1 is 1.40 bits per heavy atom. The third-order valence-corrected chi connectivity index (χ3v) is 1.97. The number of nitrogens with zero attached hydrogens (tertiary/aromatic N) is 3. The molecule has 0 N–H and O–H groups in total. The van der Waals surface area contributed by atoms with E-state index in [4.69, 9.17) is 11.6 Å². The van der Waals surface area contributed by atoms with Gasteiger partial charge in [-0.05, 0) is 6.42 Å². The molecule has 3 nitrogen and oxygen atoms in total. The molecule has 0 radical (unpaired) electrons. The molecule has 0 aliphatic rings. The van der Waals surface area contributed by atoms with E-state index >= 15 is 0 Å². The topological polar surface area (TPSA) is 30.7 Å². The summed E-state index contributed by atoms with van der Waals surface area (Å²) < 4.78 is 36.9. The van der Waals surface area contributed by atoms with E-state index in [1.165, 1.54) is 4.68 Å². The van der Waals surface area contributed by atoms with E-state index < -0.39 is 12.6 Å². The van der Waals surface area contributed by atoms with E-state index in [1.54, 1.807) is 6.20 Å². The van der Waals surface area contributed by atoms with Crippen molar-refractivity contribution in [2.45, 2.75) is 32.0 Å². The van der Waals surface area contributed by atoms with Gasteiger partial charge in [0.05, 0.1) is 5.69 Å². The number of rotatable bonds is 5. The van der Waals surface area contributed by atoms with Gasteiger partial charge in [-0.3, -0.25) is 4.68 Å². The first-order valence-electron chi connectivity index (χ1n) is 4.53. The number of aryl methyl sites for hydroxylation is 2. The number of hydrogen-bond acceptors (Lipinski definition) is 2. The lowest BCUT2D eigenvalue weighted by atomic mass is 10.3. The molecule has 1 rings (SSSR count). The molecule has 7 heteroatoms. The largest absolute Gasteiger partial charge is 0.389 e. The lowest BCUT2D eigenvalue weighted by molar-refractivity contribution is -0.136. The highest BCUT2D eigenvalue weighted by Crippen LogP contribution is 2.21. The highest BCUT2D eigenvalue weighted by atomic mass is 35.5. The molecule has 0 bridgehead atoms. The van der Waals surface area contributed by atoms with Gasteiger partial charge in [-0.2, -0.15) is 13.2 Å². The zero-order valence-electron chi connectivity index (χ0n) is 7.97. The first-order valence-corrected chi connectivity index (χ1v) is 5.06. The molecule has 0 spiro atoms. The predicted octanol–water partition coefficient (Wildman–Crippen LogP) is 2.40. The summed E-state index contributed by atoms with van der Waals surface area (Å²) >= 11 is 5.48. The van der Waals surface area contributed by atoms with Crippen LogP contribution in [0, 0.1) is 0 Å². The SMILES string of the molecule is FC(F)(F)CCCn1cc(CCCl)nn1. The quantitative estimate of drug-likeness (QED) is 0.741. The van der Waals surface area contributed by atoms with Gasteiger partial charge in [0.15, 0.2) is 0 Å². The average molecular weight is 242 g/mol. The fourth-order valence-corrected chi connectivity index (χ4v) is 1.29. The van der Waals surface area contributed by atoms with Crippen molar-refractivity contribution in [3.05, 3.63) is 11.9 Å². The number of aromatic nitrogens is 3. The molecule has 1 heterocycles. The van der Waals surface area contributed by atoms with Gasteiger partial charge in [0.1, 0.15) is 0 Å². The Balaban J connectivity index is 2.31. The molecule has 86 valence electrons. The van der Waals surface area contributed by atoms with Crippen molar-refractivity contribution in [2.24, 2.45) is 0 Å². The zero-order chi connectivity index (χ0) is 11.3. The van der Waals surface area contributed by atoms with Crippen LogP contribution in [0.4, 0.5) is 13.2 Å². The molecular weight excluding hydrogens is 231 g/mol. The maximum atomic E-state index is 11.8. The maximum Gasteiger partial charge on any atom is 0.389 e. The van der Waals surface area contributed by atoms with Gasteiger partial charge in [0.2, 0.25) is 0 Å². The summed E-state index contributed by atoms with van der Waals surface area (Å²) in [6, 6.07) is 0. The first kappa shape index (κ1) is 12.3. The summed E-state index contributed by atoms with van der Waals surface area (Å²) in [7, 11) is 0. The smallest absolute Gasteiger partial charge is 0.252 e. The van der Waals surface area contributed by atoms with Gasteiger partial charge in [0.25, 0.3) is 0 Å². The Kier molecular flexibility index (Phi) is 4.38. The van der Waals surface area contributed by atoms with Gasteiger partial charge in [-0.1, -0.05) is 5.21 Å². The van der Waals surface area contributed by atoms with Gasteiger partial charge >= 0.3 is 6.18 Å². The van der Waals surface area contributed by atoms with Crippen molar-refractivity contribution < 1.29 is 13.2 Å². The van der Waals surface area contributed by atoms with Crippen LogP contribution in [0.25, 0.3) is 0 Å². The molecule has 0 saturated heterocycles. The van der Waals surface area contributed by atoms with Crippen molar-refractivity contribution in [3.8, 4) is 0 Å². The van der Waals surface area contributed by atoms with Crippen molar-refractivity contribution >= 4 is 11.6 Å². The standard InChI is InChI=1S/C8H11ClF3N3/c9-4-2-7-6-15(14-13-7)5-1-3-8(10,11)12/h6H,1-5H2. The molecule has 1 aromatic heterocycles. The number of alkyl halides is 4. The van der Waals surface area contributed by atoms with Crippen molar-refractivity contribution in [2.75, 3.05) is 5.88 Å². The maximum absolute atomic E-state index is 11.8. The summed E-state index contributed by atoms with van der Waals surface area (Å²) in [6.07, 6.45) is -2.66. The Hall–Kier alpha value is -0.780. The Bertz CT molecular complexity index is 298. The highest BCUT2D eigenvalue weighted by molar-refractivity contribution is 6.17. The summed E-state index contributed by atoms with van der Waals surface area (Å²) in [5, 5.41) is 7.46. The fraction of sp³-hybridized carbons (Fsp3) is 0.750. The third kappa shape index (κ3) is 5.01. The van der Waals surface area contributed by atoms with Crippen LogP contribution in [0.15, 0.2) is 6.20 Å². The number of hydrogen-bond donors (Lipinski definition) is 0. The Morgan fingerprint density at radius 2 is 2.13 bits per heavy atom. The third-order valence-electron chi connectivity index (χ3n) is 1.78. The molecule has 0 atom stereocenters. The van der Waals surface area contributed by atoms with E-state index in [0.717, 1.165) is 0 Å². The Labute approximate surface area is 90.2 Å². The van der Waals surface area contributed by atoms with E-state index in [0.29, 0.717) is 18.0 Å². The van der Waals surface area contributed by atoms with Crippen LogP contribution >= 0.6 is 11.6 Å². The molecular formula is C8H11ClF3N3. The zero-order valence-corrected chi connectivity index (χ0v) is 8.72. The molecule has 0 aliphatic carbocycles. The highest BCUT2D eigenvalue weighted by Gasteiger charge is 2.26. The van der Waals surface area contributed by atoms with E-state index in [2.05, 4.69) is 10.3 Å². The van der Waals surface area contributed by atoms with Crippen molar-refractivity contribution in [1.82, 2.24) is 15.0 Å². The van der Waals surface area contributed by atoms with Crippen LogP contribution in [0.5, 0.6) is 0 Å². The van der Waals surface area contributed by atoms with Gasteiger partial charge < -0.3 is 0 Å². The predicted molar refractivity (Wildman–Crippen MR) is 49.7 cm³/mol. The first-order chi connectivity index (χ1) is 7.01. The van der Waals surface area contributed by atoms with Gasteiger partial charge in [-0.15, -0.1) is 16.7 Å². The molecule has 0 aromatic carbocycles. The summed E-state index contributed by atoms with van der Waals surface area (Å²) in [5.74, 6) is 0.432. The van der Waals surface area contributed by atoms with E-state index in [1.807, 2.05) is 0 Å². The molecule has 0 amide bonds. The molecule has 1 aromatic rings. The second-order valence-electron chi connectivity index (χ2n) is 3.13. The molecule has 0 saturated carbocycles. The lowest BCUT2D eigenvalue weighted by Crippen LogP contribution is -2.09. The van der Waals surface area contributed by atoms with Gasteiger partial charge in [-0.25, -0.2) is 0 Å². The van der Waals surface area contributed by atoms with Gasteiger partial charge in [0, 0.05) is 31.5 Å². The molecule has 0 fully saturated rings. The summed E-state index contributed by atoms with van der Waals surface area (Å²) in [6.45, 7) is 0.231. The van der Waals surface area contributed by atoms with Crippen LogP contribution in [0.1, 0.15) is 18.5 Å². The fourth-order valence-electron chi connectivity index (χ4n) is 1.10. The molecule has 0 aliphatic heterocycles. The van der Waals surface area contributed by atoms with Crippen molar-refractivity contribution in [3.63, 3.8) is 0 Å². The van der Waals surface area contributed by atoms with Crippen LogP contribution in [-0.2, 0) is 13.0 Å². The minimum atomic E-state index is -4.10. The molecule has 0 unspecified atom stereocenters. The summed E-state index contributed by atoms with van der Waals surface area (Å²) in [5.41, 5.74) is 0.706. The Morgan fingerprint density at radius 3 is 2.73 bits per heavy atom. The average Bonchev–Trinajstić information content (AvgIpc) is 2.51. The monoisotopic (exact) mass is 241 g/mol. The van der Waals surface area contributed by atoms with Crippen LogP contribution in [-0.4, -0.2) is 27.1 Å². The van der Waals surface area contributed by atoms with Crippen molar-refractivity contribution in [1.29, 1.82) is 0 Å². The minimum absolute atomic E-state index is 0.0210. The second kappa shape index (κ2) is 5.34. The lowest BCUT2D eigenvalue weighted by Gasteiger charge is -2.04. The van der Waals surface area contributed by atoms with E-state index in [9.17, 15) is 13.2 Å². The van der Waals surface area contributed by atoms with Crippen LogP contribution in [0.3, 0.4) is 0 Å². The molecule has 15 heavy (non-hydrogen) atoms. The summed E-state index contributed by atoms with van der Waals surface area (Å²) in [4.78, 5) is 0. The van der Waals surface area contributed by atoms with E-state index in [-0.39, 0.29) is 13.0 Å². The van der Waals surface area contributed by atoms with Crippen LogP contribution in [0.2, 0.25) is 0 Å².